The lowest BCUT2D eigenvalue weighted by molar-refractivity contribution is -0.143. The van der Waals surface area contributed by atoms with Gasteiger partial charge in [-0.2, -0.15) is 0 Å². The minimum absolute atomic E-state index is 0.107. The molecule has 4 N–H and O–H groups in total. The summed E-state index contributed by atoms with van der Waals surface area (Å²) >= 11 is 0. The molecule has 196 valence electrons. The molecular weight excluding hydrogens is 480 g/mol. The Kier molecular flexibility index (Phi) is 9.20. The van der Waals surface area contributed by atoms with E-state index in [-0.39, 0.29) is 19.3 Å². The molecule has 0 aliphatic heterocycles. The van der Waals surface area contributed by atoms with Crippen LogP contribution >= 0.6 is 0 Å². The number of rotatable bonds is 10. The van der Waals surface area contributed by atoms with Crippen LogP contribution in [0.25, 0.3) is 11.1 Å². The highest BCUT2D eigenvalue weighted by Crippen LogP contribution is 2.44. The predicted octanol–water partition coefficient (Wildman–Crippen LogP) is 1.17. The molecule has 2 atom stereocenters. The van der Waals surface area contributed by atoms with Crippen molar-refractivity contribution < 1.29 is 33.4 Å². The summed E-state index contributed by atoms with van der Waals surface area (Å²) in [5.74, 6) is -2.44. The lowest BCUT2D eigenvalue weighted by Gasteiger charge is -2.18. The van der Waals surface area contributed by atoms with Gasteiger partial charge in [-0.3, -0.25) is 19.2 Å². The van der Waals surface area contributed by atoms with Crippen molar-refractivity contribution in [1.82, 2.24) is 21.3 Å². The van der Waals surface area contributed by atoms with Crippen molar-refractivity contribution in [2.24, 2.45) is 0 Å². The van der Waals surface area contributed by atoms with E-state index in [0.29, 0.717) is 0 Å². The first-order valence-electron chi connectivity index (χ1n) is 11.8. The van der Waals surface area contributed by atoms with E-state index in [1.54, 1.807) is 0 Å². The van der Waals surface area contributed by atoms with Crippen LogP contribution in [0.5, 0.6) is 0 Å². The molecule has 37 heavy (non-hydrogen) atoms. The largest absolute Gasteiger partial charge is 0.449 e. The van der Waals surface area contributed by atoms with E-state index in [9.17, 15) is 24.0 Å². The fourth-order valence-corrected chi connectivity index (χ4v) is 3.93. The number of carbonyl (C=O) groups excluding carboxylic acids is 5. The highest BCUT2D eigenvalue weighted by Gasteiger charge is 2.29. The third-order valence-electron chi connectivity index (χ3n) is 5.78. The van der Waals surface area contributed by atoms with Gasteiger partial charge in [0, 0.05) is 12.8 Å². The smallest absolute Gasteiger partial charge is 0.407 e. The highest BCUT2D eigenvalue weighted by atomic mass is 16.5. The molecule has 2 aromatic carbocycles. The van der Waals surface area contributed by atoms with Crippen LogP contribution < -0.4 is 21.3 Å². The topological polar surface area (TPSA) is 152 Å². The number of hydrogen-bond donors (Lipinski definition) is 4. The van der Waals surface area contributed by atoms with Crippen molar-refractivity contribution in [3.05, 3.63) is 59.7 Å². The first kappa shape index (κ1) is 27.2. The van der Waals surface area contributed by atoms with Crippen molar-refractivity contribution >= 4 is 29.8 Å². The Bertz CT molecular complexity index is 1140. The zero-order valence-electron chi connectivity index (χ0n) is 20.8. The summed E-state index contributed by atoms with van der Waals surface area (Å²) in [6.07, 6.45) is -0.757. The third-order valence-corrected chi connectivity index (χ3v) is 5.78. The molecule has 11 nitrogen and oxygen atoms in total. The fraction of sp³-hybridized carbons (Fsp3) is 0.346. The molecule has 1 aliphatic carbocycles. The number of ether oxygens (including phenoxy) is 2. The molecule has 0 radical (unpaired) electrons. The van der Waals surface area contributed by atoms with Crippen LogP contribution in [0.1, 0.15) is 37.8 Å². The van der Waals surface area contributed by atoms with Gasteiger partial charge in [0.15, 0.2) is 6.73 Å². The Morgan fingerprint density at radius 1 is 0.784 bits per heavy atom. The quantitative estimate of drug-likeness (QED) is 0.277. The second-order valence-corrected chi connectivity index (χ2v) is 8.52. The SMILES string of the molecule is CC(=O)OCNC(=O)[C@H](C)NC(=O)[C@H](C)NC(=O)CNC(=O)OCC1c2ccccc2-c2ccccc21. The maximum absolute atomic E-state index is 12.3. The van der Waals surface area contributed by atoms with Crippen LogP contribution in [0.3, 0.4) is 0 Å². The first-order chi connectivity index (χ1) is 17.7. The van der Waals surface area contributed by atoms with Crippen LogP contribution in [0.15, 0.2) is 48.5 Å². The number of fused-ring (bicyclic) bond motifs is 3. The molecule has 0 bridgehead atoms. The summed E-state index contributed by atoms with van der Waals surface area (Å²) < 4.78 is 9.99. The molecule has 0 heterocycles. The number of carbonyl (C=O) groups is 5. The average Bonchev–Trinajstić information content (AvgIpc) is 3.19. The van der Waals surface area contributed by atoms with Crippen LogP contribution in [0.4, 0.5) is 4.79 Å². The molecule has 0 aromatic heterocycles. The molecule has 0 saturated carbocycles. The van der Waals surface area contributed by atoms with E-state index in [0.717, 1.165) is 22.3 Å². The normalized spacial score (nSPS) is 13.3. The molecule has 2 aromatic rings. The summed E-state index contributed by atoms with van der Waals surface area (Å²) in [5, 5.41) is 9.58. The molecule has 0 unspecified atom stereocenters. The van der Waals surface area contributed by atoms with E-state index >= 15 is 0 Å². The molecule has 0 fully saturated rings. The number of esters is 1. The molecule has 0 spiro atoms. The van der Waals surface area contributed by atoms with Crippen molar-refractivity contribution in [3.8, 4) is 11.1 Å². The molecule has 1 aliphatic rings. The minimum atomic E-state index is -0.972. The van der Waals surface area contributed by atoms with Crippen LogP contribution in [-0.2, 0) is 28.7 Å². The first-order valence-corrected chi connectivity index (χ1v) is 11.8. The number of hydrogen-bond acceptors (Lipinski definition) is 7. The van der Waals surface area contributed by atoms with Crippen molar-refractivity contribution in [3.63, 3.8) is 0 Å². The number of nitrogens with one attached hydrogen (secondary N) is 4. The monoisotopic (exact) mass is 510 g/mol. The van der Waals surface area contributed by atoms with Crippen molar-refractivity contribution in [1.29, 1.82) is 0 Å². The predicted molar refractivity (Wildman–Crippen MR) is 133 cm³/mol. The van der Waals surface area contributed by atoms with E-state index in [1.807, 2.05) is 48.5 Å². The third kappa shape index (κ3) is 7.29. The molecule has 3 rings (SSSR count). The summed E-state index contributed by atoms with van der Waals surface area (Å²) in [6.45, 7) is 3.47. The van der Waals surface area contributed by atoms with E-state index < -0.39 is 48.4 Å². The summed E-state index contributed by atoms with van der Waals surface area (Å²) in [7, 11) is 0. The van der Waals surface area contributed by atoms with E-state index in [4.69, 9.17) is 4.74 Å². The van der Waals surface area contributed by atoms with Gasteiger partial charge < -0.3 is 30.7 Å². The Hall–Kier alpha value is -4.41. The maximum Gasteiger partial charge on any atom is 0.407 e. The van der Waals surface area contributed by atoms with Gasteiger partial charge in [-0.15, -0.1) is 0 Å². The van der Waals surface area contributed by atoms with Gasteiger partial charge in [0.05, 0.1) is 0 Å². The molecular formula is C26H30N4O7. The molecule has 4 amide bonds. The van der Waals surface area contributed by atoms with Gasteiger partial charge in [-0.05, 0) is 36.1 Å². The van der Waals surface area contributed by atoms with E-state index in [2.05, 4.69) is 26.0 Å². The Labute approximate surface area is 214 Å². The number of benzene rings is 2. The Balaban J connectivity index is 1.40. The van der Waals surface area contributed by atoms with Gasteiger partial charge in [-0.1, -0.05) is 48.5 Å². The van der Waals surface area contributed by atoms with Gasteiger partial charge in [0.1, 0.15) is 25.2 Å². The second kappa shape index (κ2) is 12.5. The van der Waals surface area contributed by atoms with Gasteiger partial charge in [-0.25, -0.2) is 4.79 Å². The standard InChI is InChI=1S/C26H30N4O7/c1-15(24(33)28-14-37-17(3)31)30-25(34)16(2)29-23(32)12-27-26(35)36-13-22-20-10-6-4-8-18(20)19-9-5-7-11-21(19)22/h4-11,15-16,22H,12-14H2,1-3H3,(H,27,35)(H,28,33)(H,29,32)(H,30,34)/t15-,16-/m0/s1. The van der Waals surface area contributed by atoms with Crippen LogP contribution in [0.2, 0.25) is 0 Å². The molecule has 11 heteroatoms. The average molecular weight is 511 g/mol. The fourth-order valence-electron chi connectivity index (χ4n) is 3.93. The van der Waals surface area contributed by atoms with Gasteiger partial charge in [0.2, 0.25) is 17.7 Å². The lowest BCUT2D eigenvalue weighted by Crippen LogP contribution is -2.53. The molecule has 0 saturated heterocycles. The lowest BCUT2D eigenvalue weighted by atomic mass is 9.98. The summed E-state index contributed by atoms with van der Waals surface area (Å²) in [5.41, 5.74) is 4.36. The summed E-state index contributed by atoms with van der Waals surface area (Å²) in [6, 6.07) is 14.0. The van der Waals surface area contributed by atoms with Crippen molar-refractivity contribution in [2.45, 2.75) is 38.8 Å². The summed E-state index contributed by atoms with van der Waals surface area (Å²) in [4.78, 5) is 59.3. The minimum Gasteiger partial charge on any atom is -0.449 e. The van der Waals surface area contributed by atoms with Crippen LogP contribution in [-0.4, -0.2) is 61.8 Å². The highest BCUT2D eigenvalue weighted by molar-refractivity contribution is 5.92. The number of amides is 4. The van der Waals surface area contributed by atoms with E-state index in [1.165, 1.54) is 20.8 Å². The maximum atomic E-state index is 12.3. The second-order valence-electron chi connectivity index (χ2n) is 8.52. The van der Waals surface area contributed by atoms with Gasteiger partial charge >= 0.3 is 12.1 Å². The Morgan fingerprint density at radius 3 is 1.95 bits per heavy atom. The van der Waals surface area contributed by atoms with Gasteiger partial charge in [0.25, 0.3) is 0 Å². The zero-order valence-corrected chi connectivity index (χ0v) is 20.8. The number of alkyl carbamates (subject to hydrolysis) is 1. The van der Waals surface area contributed by atoms with Crippen molar-refractivity contribution in [2.75, 3.05) is 19.9 Å². The van der Waals surface area contributed by atoms with Crippen LogP contribution in [0, 0.1) is 0 Å². The Morgan fingerprint density at radius 2 is 1.35 bits per heavy atom. The zero-order chi connectivity index (χ0) is 26.9.